The molecule has 0 atom stereocenters. The SMILES string of the molecule is CCOc1ccc(CC(C)(C)OC(C)(C)Cc2ccc(OCC)c(Oc3ccccc3)c2)cc1Oc1ccccc1. The maximum atomic E-state index is 6.76. The summed E-state index contributed by atoms with van der Waals surface area (Å²) in [5.41, 5.74) is 1.35. The average molecular weight is 555 g/mol. The molecule has 5 heteroatoms. The topological polar surface area (TPSA) is 46.2 Å². The van der Waals surface area contributed by atoms with E-state index in [0.29, 0.717) is 37.6 Å². The lowest BCUT2D eigenvalue weighted by Gasteiger charge is -2.36. The summed E-state index contributed by atoms with van der Waals surface area (Å²) in [6.07, 6.45) is 1.42. The van der Waals surface area contributed by atoms with Crippen LogP contribution < -0.4 is 18.9 Å². The third kappa shape index (κ3) is 9.02. The molecule has 0 heterocycles. The number of para-hydroxylation sites is 2. The molecule has 41 heavy (non-hydrogen) atoms. The van der Waals surface area contributed by atoms with Gasteiger partial charge in [0, 0.05) is 12.8 Å². The molecule has 0 N–H and O–H groups in total. The number of benzene rings is 4. The number of ether oxygens (including phenoxy) is 5. The maximum absolute atomic E-state index is 6.76. The Morgan fingerprint density at radius 2 is 0.878 bits per heavy atom. The highest BCUT2D eigenvalue weighted by molar-refractivity contribution is 5.47. The molecule has 0 saturated heterocycles. The van der Waals surface area contributed by atoms with Crippen molar-refractivity contribution in [2.75, 3.05) is 13.2 Å². The summed E-state index contributed by atoms with van der Waals surface area (Å²) in [7, 11) is 0. The second-order valence-corrected chi connectivity index (χ2v) is 11.2. The van der Waals surface area contributed by atoms with E-state index in [1.54, 1.807) is 0 Å². The first kappa shape index (κ1) is 30.0. The van der Waals surface area contributed by atoms with E-state index in [4.69, 9.17) is 23.7 Å². The Bertz CT molecular complexity index is 1270. The summed E-state index contributed by atoms with van der Waals surface area (Å²) in [5, 5.41) is 0. The zero-order valence-corrected chi connectivity index (χ0v) is 25.1. The van der Waals surface area contributed by atoms with E-state index >= 15 is 0 Å². The number of rotatable bonds is 14. The van der Waals surface area contributed by atoms with Crippen molar-refractivity contribution in [1.82, 2.24) is 0 Å². The Kier molecular flexibility index (Phi) is 9.95. The van der Waals surface area contributed by atoms with Crippen molar-refractivity contribution in [3.05, 3.63) is 108 Å². The lowest BCUT2D eigenvalue weighted by Crippen LogP contribution is -2.40. The lowest BCUT2D eigenvalue weighted by atomic mass is 9.93. The maximum Gasteiger partial charge on any atom is 0.169 e. The average Bonchev–Trinajstić information content (AvgIpc) is 2.92. The van der Waals surface area contributed by atoms with Crippen LogP contribution in [0.4, 0.5) is 0 Å². The van der Waals surface area contributed by atoms with Crippen molar-refractivity contribution >= 4 is 0 Å². The molecule has 0 bridgehead atoms. The highest BCUT2D eigenvalue weighted by Crippen LogP contribution is 2.37. The molecule has 0 saturated carbocycles. The van der Waals surface area contributed by atoms with Gasteiger partial charge in [-0.2, -0.15) is 0 Å². The van der Waals surface area contributed by atoms with E-state index < -0.39 is 11.2 Å². The molecule has 216 valence electrons. The van der Waals surface area contributed by atoms with Crippen LogP contribution in [0.1, 0.15) is 52.7 Å². The molecule has 4 aromatic rings. The Labute approximate surface area is 245 Å². The third-order valence-electron chi connectivity index (χ3n) is 6.37. The minimum absolute atomic E-state index is 0.435. The van der Waals surface area contributed by atoms with Crippen molar-refractivity contribution < 1.29 is 23.7 Å². The quantitative estimate of drug-likeness (QED) is 0.155. The van der Waals surface area contributed by atoms with E-state index in [9.17, 15) is 0 Å². The van der Waals surface area contributed by atoms with Crippen LogP contribution in [-0.4, -0.2) is 24.4 Å². The summed E-state index contributed by atoms with van der Waals surface area (Å²) in [4.78, 5) is 0. The molecule has 0 radical (unpaired) electrons. The molecule has 4 rings (SSSR count). The van der Waals surface area contributed by atoms with Crippen LogP contribution in [0.5, 0.6) is 34.5 Å². The predicted octanol–water partition coefficient (Wildman–Crippen LogP) is 9.43. The zero-order valence-electron chi connectivity index (χ0n) is 25.1. The minimum Gasteiger partial charge on any atom is -0.490 e. The van der Waals surface area contributed by atoms with E-state index in [2.05, 4.69) is 52.0 Å². The monoisotopic (exact) mass is 554 g/mol. The summed E-state index contributed by atoms with van der Waals surface area (Å²) >= 11 is 0. The summed E-state index contributed by atoms with van der Waals surface area (Å²) in [5.74, 6) is 4.39. The number of hydrogen-bond donors (Lipinski definition) is 0. The third-order valence-corrected chi connectivity index (χ3v) is 6.37. The van der Waals surface area contributed by atoms with Gasteiger partial charge in [-0.1, -0.05) is 48.5 Å². The molecule has 0 unspecified atom stereocenters. The van der Waals surface area contributed by atoms with Gasteiger partial charge in [0.25, 0.3) is 0 Å². The highest BCUT2D eigenvalue weighted by Gasteiger charge is 2.30. The summed E-state index contributed by atoms with van der Waals surface area (Å²) < 4.78 is 30.8. The largest absolute Gasteiger partial charge is 0.490 e. The first-order valence-electron chi connectivity index (χ1n) is 14.3. The van der Waals surface area contributed by atoms with Gasteiger partial charge in [-0.15, -0.1) is 0 Å². The number of hydrogen-bond acceptors (Lipinski definition) is 5. The van der Waals surface area contributed by atoms with Gasteiger partial charge in [-0.05, 0) is 101 Å². The lowest BCUT2D eigenvalue weighted by molar-refractivity contribution is -0.121. The minimum atomic E-state index is -0.435. The second kappa shape index (κ2) is 13.6. The van der Waals surface area contributed by atoms with Crippen molar-refractivity contribution in [3.8, 4) is 34.5 Å². The van der Waals surface area contributed by atoms with Gasteiger partial charge in [0.05, 0.1) is 24.4 Å². The molecule has 0 aliphatic rings. The van der Waals surface area contributed by atoms with Crippen LogP contribution in [0, 0.1) is 0 Å². The molecule has 0 aliphatic heterocycles. The van der Waals surface area contributed by atoms with Crippen molar-refractivity contribution in [2.24, 2.45) is 0 Å². The normalized spacial score (nSPS) is 11.7. The smallest absolute Gasteiger partial charge is 0.169 e. The van der Waals surface area contributed by atoms with Crippen LogP contribution in [0.3, 0.4) is 0 Å². The van der Waals surface area contributed by atoms with Gasteiger partial charge < -0.3 is 23.7 Å². The van der Waals surface area contributed by atoms with E-state index in [1.165, 1.54) is 0 Å². The van der Waals surface area contributed by atoms with Crippen molar-refractivity contribution in [3.63, 3.8) is 0 Å². The van der Waals surface area contributed by atoms with Gasteiger partial charge in [-0.3, -0.25) is 0 Å². The second-order valence-electron chi connectivity index (χ2n) is 11.2. The van der Waals surface area contributed by atoms with Gasteiger partial charge >= 0.3 is 0 Å². The Hall–Kier alpha value is -3.96. The summed E-state index contributed by atoms with van der Waals surface area (Å²) in [6.45, 7) is 13.6. The molecule has 5 nitrogen and oxygen atoms in total. The fourth-order valence-corrected chi connectivity index (χ4v) is 5.07. The van der Waals surface area contributed by atoms with Gasteiger partial charge in [-0.25, -0.2) is 0 Å². The van der Waals surface area contributed by atoms with E-state index in [1.807, 2.05) is 86.6 Å². The molecule has 0 aromatic heterocycles. The molecular weight excluding hydrogens is 512 g/mol. The standard InChI is InChI=1S/C36H42O5/c1-7-37-31-21-19-27(23-33(31)39-29-15-11-9-12-16-29)25-35(3,4)41-36(5,6)26-28-20-22-32(38-8-2)34(24-28)40-30-17-13-10-14-18-30/h9-24H,7-8,25-26H2,1-6H3. The molecule has 4 aromatic carbocycles. The Morgan fingerprint density at radius 1 is 0.488 bits per heavy atom. The van der Waals surface area contributed by atoms with Gasteiger partial charge in [0.15, 0.2) is 23.0 Å². The molecular formula is C36H42O5. The summed E-state index contributed by atoms with van der Waals surface area (Å²) in [6, 6.07) is 31.8. The van der Waals surface area contributed by atoms with Crippen LogP contribution in [-0.2, 0) is 17.6 Å². The molecule has 0 amide bonds. The fraction of sp³-hybridized carbons (Fsp3) is 0.333. The first-order chi connectivity index (χ1) is 19.7. The van der Waals surface area contributed by atoms with Crippen LogP contribution in [0.2, 0.25) is 0 Å². The molecule has 0 spiro atoms. The van der Waals surface area contributed by atoms with Crippen LogP contribution in [0.25, 0.3) is 0 Å². The van der Waals surface area contributed by atoms with Gasteiger partial charge in [0.1, 0.15) is 11.5 Å². The van der Waals surface area contributed by atoms with Crippen molar-refractivity contribution in [2.45, 2.75) is 65.6 Å². The first-order valence-corrected chi connectivity index (χ1v) is 14.3. The molecule has 0 aliphatic carbocycles. The zero-order chi connectivity index (χ0) is 29.3. The fourth-order valence-electron chi connectivity index (χ4n) is 5.07. The Morgan fingerprint density at radius 3 is 1.24 bits per heavy atom. The highest BCUT2D eigenvalue weighted by atomic mass is 16.5. The van der Waals surface area contributed by atoms with Gasteiger partial charge in [0.2, 0.25) is 0 Å². The predicted molar refractivity (Wildman–Crippen MR) is 165 cm³/mol. The molecule has 0 fully saturated rings. The Balaban J connectivity index is 1.48. The van der Waals surface area contributed by atoms with Crippen LogP contribution >= 0.6 is 0 Å². The van der Waals surface area contributed by atoms with E-state index in [-0.39, 0.29) is 0 Å². The van der Waals surface area contributed by atoms with Crippen LogP contribution in [0.15, 0.2) is 97.1 Å². The van der Waals surface area contributed by atoms with E-state index in [0.717, 1.165) is 34.1 Å². The van der Waals surface area contributed by atoms with Crippen molar-refractivity contribution in [1.29, 1.82) is 0 Å².